The van der Waals surface area contributed by atoms with Crippen LogP contribution in [0.15, 0.2) is 0 Å². The van der Waals surface area contributed by atoms with Gasteiger partial charge in [-0.3, -0.25) is 25.5 Å². The van der Waals surface area contributed by atoms with E-state index < -0.39 is 11.2 Å². The number of carbonyl (C=O) groups excluding carboxylic acids is 3. The maximum Gasteiger partial charge on any atom is 0.407 e. The fourth-order valence-corrected chi connectivity index (χ4v) is 7.42. The third-order valence-electron chi connectivity index (χ3n) is 9.95. The Balaban J connectivity index is 1.01. The average Bonchev–Trinajstić information content (AvgIpc) is 3.00. The first-order valence-corrected chi connectivity index (χ1v) is 18.3. The largest absolute Gasteiger partial charge is 0.459 e. The first-order valence-electron chi connectivity index (χ1n) is 18.3. The summed E-state index contributed by atoms with van der Waals surface area (Å²) in [5.41, 5.74) is -1.01. The molecule has 0 radical (unpaired) electrons. The first kappa shape index (κ1) is 37.8. The number of carbonyl (C=O) groups is 3. The number of ether oxygens (including phenoxy) is 3. The van der Waals surface area contributed by atoms with Gasteiger partial charge in [0.1, 0.15) is 24.0 Å². The van der Waals surface area contributed by atoms with Crippen LogP contribution < -0.4 is 26.6 Å². The zero-order chi connectivity index (χ0) is 34.0. The Hall–Kier alpha value is -1.99. The first-order chi connectivity index (χ1) is 22.2. The van der Waals surface area contributed by atoms with Crippen LogP contribution in [0.25, 0.3) is 0 Å². The van der Waals surface area contributed by atoms with E-state index in [2.05, 4.69) is 31.5 Å². The van der Waals surface area contributed by atoms with Crippen LogP contribution in [-0.4, -0.2) is 104 Å². The van der Waals surface area contributed by atoms with Crippen LogP contribution in [0.4, 0.5) is 4.79 Å². The molecule has 0 aromatic carbocycles. The molecule has 47 heavy (non-hydrogen) atoms. The molecule has 2 heterocycles. The Morgan fingerprint density at radius 2 is 1.36 bits per heavy atom. The predicted molar refractivity (Wildman–Crippen MR) is 182 cm³/mol. The third kappa shape index (κ3) is 13.8. The van der Waals surface area contributed by atoms with Crippen LogP contribution in [-0.2, 0) is 23.8 Å². The molecule has 0 bridgehead atoms. The van der Waals surface area contributed by atoms with E-state index in [1.807, 2.05) is 41.5 Å². The van der Waals surface area contributed by atoms with Gasteiger partial charge in [-0.2, -0.15) is 0 Å². The summed E-state index contributed by atoms with van der Waals surface area (Å²) in [6.45, 7) is 16.7. The summed E-state index contributed by atoms with van der Waals surface area (Å²) in [7, 11) is 0. The van der Waals surface area contributed by atoms with Gasteiger partial charge in [-0.25, -0.2) is 4.79 Å². The number of esters is 1. The molecule has 5 N–H and O–H groups in total. The molecule has 2 saturated heterocycles. The monoisotopic (exact) mass is 664 g/mol. The van der Waals surface area contributed by atoms with Crippen LogP contribution in [0.2, 0.25) is 0 Å². The molecule has 2 amide bonds. The van der Waals surface area contributed by atoms with Gasteiger partial charge in [0.2, 0.25) is 5.91 Å². The van der Waals surface area contributed by atoms with Crippen molar-refractivity contribution in [1.82, 2.24) is 31.5 Å². The molecule has 4 rings (SSSR count). The highest BCUT2D eigenvalue weighted by molar-refractivity contribution is 5.83. The van der Waals surface area contributed by atoms with E-state index >= 15 is 0 Å². The second-order valence-electron chi connectivity index (χ2n) is 16.2. The van der Waals surface area contributed by atoms with Gasteiger partial charge in [0.05, 0.1) is 12.7 Å². The van der Waals surface area contributed by atoms with Gasteiger partial charge in [0.25, 0.3) is 0 Å². The SMILES string of the molecule is CC(C)(C)OC(=O)CNC(=O)C1CCC(C2CNC(NC3CCC(OCCN4CCC(NC(=O)OC(C)(C)C)CC4)CC3)NC2)CC1. The molecule has 2 aliphatic carbocycles. The highest BCUT2D eigenvalue weighted by Crippen LogP contribution is 2.34. The number of likely N-dealkylation sites (tertiary alicyclic amines) is 1. The van der Waals surface area contributed by atoms with E-state index in [0.717, 1.165) is 104 Å². The highest BCUT2D eigenvalue weighted by atomic mass is 16.6. The summed E-state index contributed by atoms with van der Waals surface area (Å²) in [6.07, 6.45) is 10.3. The van der Waals surface area contributed by atoms with E-state index in [0.29, 0.717) is 24.0 Å². The molecule has 2 saturated carbocycles. The van der Waals surface area contributed by atoms with E-state index in [9.17, 15) is 14.4 Å². The van der Waals surface area contributed by atoms with Gasteiger partial charge in [0, 0.05) is 50.7 Å². The molecular weight excluding hydrogens is 600 g/mol. The van der Waals surface area contributed by atoms with Crippen molar-refractivity contribution in [3.63, 3.8) is 0 Å². The van der Waals surface area contributed by atoms with Gasteiger partial charge in [0.15, 0.2) is 0 Å². The summed E-state index contributed by atoms with van der Waals surface area (Å²) in [4.78, 5) is 39.0. The van der Waals surface area contributed by atoms with Crippen molar-refractivity contribution in [3.8, 4) is 0 Å². The molecule has 12 nitrogen and oxygen atoms in total. The fraction of sp³-hybridized carbons (Fsp3) is 0.914. The molecule has 4 aliphatic rings. The van der Waals surface area contributed by atoms with Crippen LogP contribution in [0.3, 0.4) is 0 Å². The van der Waals surface area contributed by atoms with Gasteiger partial charge in [-0.05, 0) is 118 Å². The number of piperidine rings is 1. The van der Waals surface area contributed by atoms with Gasteiger partial charge in [-0.1, -0.05) is 0 Å². The molecule has 2 aliphatic heterocycles. The van der Waals surface area contributed by atoms with E-state index in [1.165, 1.54) is 0 Å². The van der Waals surface area contributed by atoms with Crippen LogP contribution in [0.5, 0.6) is 0 Å². The van der Waals surface area contributed by atoms with Crippen molar-refractivity contribution in [3.05, 3.63) is 0 Å². The van der Waals surface area contributed by atoms with E-state index in [1.54, 1.807) is 0 Å². The van der Waals surface area contributed by atoms with Gasteiger partial charge in [-0.15, -0.1) is 0 Å². The maximum absolute atomic E-state index is 12.6. The van der Waals surface area contributed by atoms with Crippen LogP contribution in [0.1, 0.15) is 106 Å². The molecular formula is C35H64N6O6. The second kappa shape index (κ2) is 17.6. The van der Waals surface area contributed by atoms with Crippen molar-refractivity contribution in [2.75, 3.05) is 45.9 Å². The number of hydrogen-bond acceptors (Lipinski definition) is 10. The third-order valence-corrected chi connectivity index (χ3v) is 9.95. The molecule has 270 valence electrons. The standard InChI is InChI=1S/C35H64N6O6/c1-34(2,3)46-30(42)23-36-31(43)25-9-7-24(8-10-25)26-21-37-32(38-22-26)39-27-11-13-29(14-12-27)45-20-19-41-17-15-28(16-18-41)40-33(44)47-35(4,5)6/h24-29,32,37-39H,7-23H2,1-6H3,(H,36,43)(H,40,44). The molecule has 0 unspecified atom stereocenters. The molecule has 4 fully saturated rings. The van der Waals surface area contributed by atoms with Crippen LogP contribution >= 0.6 is 0 Å². The number of amides is 2. The Morgan fingerprint density at radius 1 is 0.745 bits per heavy atom. The second-order valence-corrected chi connectivity index (χ2v) is 16.2. The van der Waals surface area contributed by atoms with E-state index in [-0.39, 0.29) is 42.8 Å². The zero-order valence-electron chi connectivity index (χ0n) is 30.0. The lowest BCUT2D eigenvalue weighted by molar-refractivity contribution is -0.154. The lowest BCUT2D eigenvalue weighted by Crippen LogP contribution is -2.63. The van der Waals surface area contributed by atoms with Crippen molar-refractivity contribution in [1.29, 1.82) is 0 Å². The van der Waals surface area contributed by atoms with Crippen molar-refractivity contribution in [2.45, 2.75) is 141 Å². The Bertz CT molecular complexity index is 983. The van der Waals surface area contributed by atoms with Gasteiger partial charge >= 0.3 is 12.1 Å². The maximum atomic E-state index is 12.6. The van der Waals surface area contributed by atoms with Gasteiger partial charge < -0.3 is 29.7 Å². The molecule has 0 atom stereocenters. The molecule has 0 aromatic heterocycles. The number of alkyl carbamates (subject to hydrolysis) is 1. The topological polar surface area (TPSA) is 142 Å². The number of nitrogens with one attached hydrogen (secondary N) is 5. The van der Waals surface area contributed by atoms with Crippen LogP contribution in [0, 0.1) is 17.8 Å². The van der Waals surface area contributed by atoms with Crippen molar-refractivity contribution >= 4 is 18.0 Å². The normalized spacial score (nSPS) is 29.9. The minimum Gasteiger partial charge on any atom is -0.459 e. The number of nitrogens with zero attached hydrogens (tertiary/aromatic N) is 1. The van der Waals surface area contributed by atoms with Crippen molar-refractivity contribution < 1.29 is 28.6 Å². The minimum absolute atomic E-state index is 0.0148. The fourth-order valence-electron chi connectivity index (χ4n) is 7.42. The minimum atomic E-state index is -0.545. The summed E-state index contributed by atoms with van der Waals surface area (Å²) < 4.78 is 17.0. The summed E-state index contributed by atoms with van der Waals surface area (Å²) in [5, 5.41) is 16.9. The smallest absolute Gasteiger partial charge is 0.407 e. The summed E-state index contributed by atoms with van der Waals surface area (Å²) in [6, 6.07) is 0.672. The Labute approximate surface area is 282 Å². The lowest BCUT2D eigenvalue weighted by atomic mass is 9.75. The lowest BCUT2D eigenvalue weighted by Gasteiger charge is -2.40. The number of hydrogen-bond donors (Lipinski definition) is 5. The Kier molecular flexibility index (Phi) is 14.2. The summed E-state index contributed by atoms with van der Waals surface area (Å²) >= 11 is 0. The Morgan fingerprint density at radius 3 is 1.96 bits per heavy atom. The average molecular weight is 665 g/mol. The predicted octanol–water partition coefficient (Wildman–Crippen LogP) is 3.25. The molecule has 0 spiro atoms. The molecule has 0 aromatic rings. The van der Waals surface area contributed by atoms with E-state index in [4.69, 9.17) is 14.2 Å². The quantitative estimate of drug-likeness (QED) is 0.209. The summed E-state index contributed by atoms with van der Waals surface area (Å²) in [5.74, 6) is 0.747. The zero-order valence-corrected chi connectivity index (χ0v) is 30.0. The van der Waals surface area contributed by atoms with Crippen molar-refractivity contribution in [2.24, 2.45) is 17.8 Å². The highest BCUT2D eigenvalue weighted by Gasteiger charge is 2.34. The number of rotatable bonds is 11. The molecule has 12 heteroatoms.